The lowest BCUT2D eigenvalue weighted by molar-refractivity contribution is 0.0622. The second kappa shape index (κ2) is 6.09. The number of piperazine rings is 1. The summed E-state index contributed by atoms with van der Waals surface area (Å²) in [6.45, 7) is 6.05. The van der Waals surface area contributed by atoms with Crippen molar-refractivity contribution in [3.8, 4) is 0 Å². The van der Waals surface area contributed by atoms with E-state index in [1.54, 1.807) is 11.3 Å². The normalized spacial score (nSPS) is 18.4. The number of amides is 1. The van der Waals surface area contributed by atoms with Crippen molar-refractivity contribution in [1.29, 1.82) is 0 Å². The van der Waals surface area contributed by atoms with Gasteiger partial charge in [0, 0.05) is 37.1 Å². The van der Waals surface area contributed by atoms with Crippen LogP contribution in [0.2, 0.25) is 0 Å². The minimum Gasteiger partial charge on any atom is -0.360 e. The van der Waals surface area contributed by atoms with Crippen molar-refractivity contribution < 1.29 is 9.32 Å². The third-order valence-corrected chi connectivity index (χ3v) is 5.90. The fraction of sp³-hybridized carbons (Fsp3) is 0.529. The van der Waals surface area contributed by atoms with Gasteiger partial charge in [0.05, 0.1) is 17.1 Å². The first kappa shape index (κ1) is 14.9. The molecule has 2 aromatic heterocycles. The Morgan fingerprint density at radius 1 is 1.26 bits per heavy atom. The lowest BCUT2D eigenvalue weighted by atomic mass is 10.2. The molecule has 0 unspecified atom stereocenters. The molecule has 2 aromatic rings. The molecule has 0 radical (unpaired) electrons. The molecule has 2 aliphatic rings. The highest BCUT2D eigenvalue weighted by molar-refractivity contribution is 7.14. The highest BCUT2D eigenvalue weighted by Crippen LogP contribution is 2.31. The second-order valence-corrected chi connectivity index (χ2v) is 7.55. The van der Waals surface area contributed by atoms with Crippen molar-refractivity contribution in [3.05, 3.63) is 38.9 Å². The monoisotopic (exact) mass is 331 g/mol. The van der Waals surface area contributed by atoms with E-state index in [0.29, 0.717) is 0 Å². The highest BCUT2D eigenvalue weighted by Gasteiger charge is 2.25. The summed E-state index contributed by atoms with van der Waals surface area (Å²) in [5.74, 6) is 1.11. The lowest BCUT2D eigenvalue weighted by Gasteiger charge is -2.33. The maximum absolute atomic E-state index is 12.7. The zero-order valence-corrected chi connectivity index (χ0v) is 14.2. The van der Waals surface area contributed by atoms with Gasteiger partial charge in [0.15, 0.2) is 5.76 Å². The molecule has 1 aliphatic heterocycles. The molecule has 0 N–H and O–H groups in total. The molecule has 1 saturated heterocycles. The van der Waals surface area contributed by atoms with Crippen LogP contribution < -0.4 is 0 Å². The fourth-order valence-electron chi connectivity index (χ4n) is 3.41. The Kier molecular flexibility index (Phi) is 3.95. The van der Waals surface area contributed by atoms with Gasteiger partial charge in [0.1, 0.15) is 0 Å². The van der Waals surface area contributed by atoms with Gasteiger partial charge < -0.3 is 9.42 Å². The van der Waals surface area contributed by atoms with Gasteiger partial charge in [-0.2, -0.15) is 0 Å². The van der Waals surface area contributed by atoms with Crippen molar-refractivity contribution in [1.82, 2.24) is 15.0 Å². The minimum atomic E-state index is 0.208. The Morgan fingerprint density at radius 3 is 2.78 bits per heavy atom. The number of hydrogen-bond acceptors (Lipinski definition) is 5. The third-order valence-electron chi connectivity index (χ3n) is 4.67. The summed E-state index contributed by atoms with van der Waals surface area (Å²) in [5.41, 5.74) is 2.32. The van der Waals surface area contributed by atoms with Crippen LogP contribution >= 0.6 is 11.3 Å². The molecule has 0 bridgehead atoms. The number of carbonyl (C=O) groups is 1. The molecule has 6 heteroatoms. The molecule has 0 aromatic carbocycles. The van der Waals surface area contributed by atoms with Crippen molar-refractivity contribution in [2.45, 2.75) is 32.7 Å². The van der Waals surface area contributed by atoms with Crippen LogP contribution in [-0.2, 0) is 19.4 Å². The van der Waals surface area contributed by atoms with E-state index in [0.717, 1.165) is 61.9 Å². The Labute approximate surface area is 139 Å². The van der Waals surface area contributed by atoms with Gasteiger partial charge in [-0.3, -0.25) is 9.69 Å². The predicted molar refractivity (Wildman–Crippen MR) is 88.8 cm³/mol. The van der Waals surface area contributed by atoms with Crippen LogP contribution in [0.5, 0.6) is 0 Å². The topological polar surface area (TPSA) is 49.6 Å². The van der Waals surface area contributed by atoms with E-state index in [1.165, 1.54) is 16.9 Å². The fourth-order valence-corrected chi connectivity index (χ4v) is 4.63. The van der Waals surface area contributed by atoms with Crippen LogP contribution in [0, 0.1) is 6.92 Å². The van der Waals surface area contributed by atoms with Crippen LogP contribution in [0.1, 0.15) is 38.0 Å². The van der Waals surface area contributed by atoms with E-state index >= 15 is 0 Å². The first-order chi connectivity index (χ1) is 11.2. The highest BCUT2D eigenvalue weighted by atomic mass is 32.1. The SMILES string of the molecule is Cc1cc(CN2CCN(C(=O)c3cc4c(s3)CCC4)CC2)on1. The Hall–Kier alpha value is -1.66. The van der Waals surface area contributed by atoms with Gasteiger partial charge in [0.2, 0.25) is 0 Å². The molecule has 1 aliphatic carbocycles. The van der Waals surface area contributed by atoms with Crippen molar-refractivity contribution in [2.75, 3.05) is 26.2 Å². The molecular formula is C17H21N3O2S. The maximum atomic E-state index is 12.7. The summed E-state index contributed by atoms with van der Waals surface area (Å²) in [6, 6.07) is 4.10. The van der Waals surface area contributed by atoms with E-state index in [4.69, 9.17) is 4.52 Å². The minimum absolute atomic E-state index is 0.208. The van der Waals surface area contributed by atoms with E-state index in [2.05, 4.69) is 16.1 Å². The summed E-state index contributed by atoms with van der Waals surface area (Å²) in [6.07, 6.45) is 3.54. The smallest absolute Gasteiger partial charge is 0.264 e. The van der Waals surface area contributed by atoms with Gasteiger partial charge in [-0.25, -0.2) is 0 Å². The van der Waals surface area contributed by atoms with Crippen LogP contribution in [0.25, 0.3) is 0 Å². The summed E-state index contributed by atoms with van der Waals surface area (Å²) in [5, 5.41) is 3.92. The number of hydrogen-bond donors (Lipinski definition) is 0. The first-order valence-corrected chi connectivity index (χ1v) is 9.06. The Balaban J connectivity index is 1.34. The zero-order valence-electron chi connectivity index (χ0n) is 13.4. The van der Waals surface area contributed by atoms with E-state index in [1.807, 2.05) is 17.9 Å². The Bertz CT molecular complexity index is 692. The van der Waals surface area contributed by atoms with E-state index < -0.39 is 0 Å². The average molecular weight is 331 g/mol. The number of aryl methyl sites for hydroxylation is 3. The third kappa shape index (κ3) is 3.05. The largest absolute Gasteiger partial charge is 0.360 e. The molecular weight excluding hydrogens is 310 g/mol. The van der Waals surface area contributed by atoms with Crippen LogP contribution in [0.3, 0.4) is 0 Å². The molecule has 23 heavy (non-hydrogen) atoms. The van der Waals surface area contributed by atoms with E-state index in [9.17, 15) is 4.79 Å². The summed E-state index contributed by atoms with van der Waals surface area (Å²) >= 11 is 1.70. The van der Waals surface area contributed by atoms with Gasteiger partial charge in [0.25, 0.3) is 5.91 Å². The standard InChI is InChI=1S/C17H21N3O2S/c1-12-9-14(22-18-12)11-19-5-7-20(8-6-19)17(21)16-10-13-3-2-4-15(13)23-16/h9-10H,2-8,11H2,1H3. The summed E-state index contributed by atoms with van der Waals surface area (Å²) < 4.78 is 5.27. The molecule has 0 spiro atoms. The van der Waals surface area contributed by atoms with Crippen LogP contribution in [-0.4, -0.2) is 47.0 Å². The predicted octanol–water partition coefficient (Wildman–Crippen LogP) is 2.49. The number of carbonyl (C=O) groups excluding carboxylic acids is 1. The van der Waals surface area contributed by atoms with Gasteiger partial charge >= 0.3 is 0 Å². The molecule has 122 valence electrons. The maximum Gasteiger partial charge on any atom is 0.264 e. The molecule has 1 amide bonds. The number of aromatic nitrogens is 1. The van der Waals surface area contributed by atoms with Gasteiger partial charge in [-0.15, -0.1) is 11.3 Å². The molecule has 0 saturated carbocycles. The number of fused-ring (bicyclic) bond motifs is 1. The van der Waals surface area contributed by atoms with Crippen molar-refractivity contribution in [2.24, 2.45) is 0 Å². The zero-order chi connectivity index (χ0) is 15.8. The first-order valence-electron chi connectivity index (χ1n) is 8.24. The van der Waals surface area contributed by atoms with Gasteiger partial charge in [-0.05, 0) is 37.8 Å². The lowest BCUT2D eigenvalue weighted by Crippen LogP contribution is -2.48. The molecule has 3 heterocycles. The second-order valence-electron chi connectivity index (χ2n) is 6.42. The number of rotatable bonds is 3. The Morgan fingerprint density at radius 2 is 2.09 bits per heavy atom. The van der Waals surface area contributed by atoms with Crippen LogP contribution in [0.4, 0.5) is 0 Å². The molecule has 0 atom stereocenters. The van der Waals surface area contributed by atoms with E-state index in [-0.39, 0.29) is 5.91 Å². The summed E-state index contributed by atoms with van der Waals surface area (Å²) in [4.78, 5) is 19.3. The summed E-state index contributed by atoms with van der Waals surface area (Å²) in [7, 11) is 0. The molecule has 5 nitrogen and oxygen atoms in total. The molecule has 1 fully saturated rings. The number of thiophene rings is 1. The van der Waals surface area contributed by atoms with Crippen LogP contribution in [0.15, 0.2) is 16.7 Å². The quantitative estimate of drug-likeness (QED) is 0.867. The van der Waals surface area contributed by atoms with Crippen molar-refractivity contribution in [3.63, 3.8) is 0 Å². The van der Waals surface area contributed by atoms with Gasteiger partial charge in [-0.1, -0.05) is 5.16 Å². The van der Waals surface area contributed by atoms with Crippen molar-refractivity contribution >= 4 is 17.2 Å². The number of nitrogens with zero attached hydrogens (tertiary/aromatic N) is 3. The average Bonchev–Trinajstić information content (AvgIpc) is 3.23. The molecule has 4 rings (SSSR count).